The number of hydrogen-bond donors (Lipinski definition) is 1. The maximum absolute atomic E-state index is 12.6. The third kappa shape index (κ3) is 5.09. The molecule has 0 saturated carbocycles. The van der Waals surface area contributed by atoms with E-state index in [9.17, 15) is 9.59 Å². The number of carbonyl (C=O) groups is 2. The van der Waals surface area contributed by atoms with E-state index in [1.54, 1.807) is 30.2 Å². The zero-order valence-electron chi connectivity index (χ0n) is 16.5. The van der Waals surface area contributed by atoms with Gasteiger partial charge in [0.25, 0.3) is 0 Å². The molecule has 0 spiro atoms. The van der Waals surface area contributed by atoms with Crippen molar-refractivity contribution < 1.29 is 9.59 Å². The van der Waals surface area contributed by atoms with Gasteiger partial charge in [-0.1, -0.05) is 30.3 Å². The summed E-state index contributed by atoms with van der Waals surface area (Å²) >= 11 is 0. The van der Waals surface area contributed by atoms with Gasteiger partial charge in [-0.25, -0.2) is 4.79 Å². The van der Waals surface area contributed by atoms with Gasteiger partial charge in [0, 0.05) is 33.7 Å². The Hall–Kier alpha value is -2.90. The molecule has 28 heavy (non-hydrogen) atoms. The first kappa shape index (κ1) is 19.9. The van der Waals surface area contributed by atoms with Gasteiger partial charge in [-0.15, -0.1) is 10.2 Å². The molecule has 0 aliphatic carbocycles. The summed E-state index contributed by atoms with van der Waals surface area (Å²) in [6.07, 6.45) is 4.21. The Kier molecular flexibility index (Phi) is 6.62. The van der Waals surface area contributed by atoms with Crippen LogP contribution in [0.4, 0.5) is 4.79 Å². The van der Waals surface area contributed by atoms with Gasteiger partial charge in [0.2, 0.25) is 5.91 Å². The normalized spacial score (nSPS) is 16.6. The van der Waals surface area contributed by atoms with Crippen molar-refractivity contribution in [2.45, 2.75) is 32.4 Å². The Bertz CT molecular complexity index is 789. The first-order valence-electron chi connectivity index (χ1n) is 9.69. The summed E-state index contributed by atoms with van der Waals surface area (Å²) in [4.78, 5) is 28.0. The second-order valence-corrected chi connectivity index (χ2v) is 7.36. The Morgan fingerprint density at radius 1 is 1.25 bits per heavy atom. The first-order chi connectivity index (χ1) is 13.5. The van der Waals surface area contributed by atoms with Crippen LogP contribution in [0.1, 0.15) is 24.2 Å². The maximum Gasteiger partial charge on any atom is 0.319 e. The lowest BCUT2D eigenvalue weighted by atomic mass is 9.97. The molecule has 1 aromatic carbocycles. The molecule has 1 N–H and O–H groups in total. The molecular formula is C20H28N6O2. The van der Waals surface area contributed by atoms with Crippen molar-refractivity contribution in [3.05, 3.63) is 48.0 Å². The fourth-order valence-electron chi connectivity index (χ4n) is 3.46. The third-order valence-electron chi connectivity index (χ3n) is 5.05. The lowest BCUT2D eigenvalue weighted by Crippen LogP contribution is -2.48. The molecule has 2 aromatic rings. The third-order valence-corrected chi connectivity index (χ3v) is 5.05. The monoisotopic (exact) mass is 384 g/mol. The van der Waals surface area contributed by atoms with Crippen LogP contribution in [0.2, 0.25) is 0 Å². The summed E-state index contributed by atoms with van der Waals surface area (Å²) in [6.45, 7) is 2.26. The van der Waals surface area contributed by atoms with Crippen molar-refractivity contribution in [1.82, 2.24) is 29.9 Å². The molecule has 150 valence electrons. The van der Waals surface area contributed by atoms with Gasteiger partial charge in [0.05, 0.1) is 12.5 Å². The molecule has 1 aliphatic rings. The number of piperidine rings is 1. The summed E-state index contributed by atoms with van der Waals surface area (Å²) in [5, 5.41) is 11.1. The van der Waals surface area contributed by atoms with Crippen LogP contribution in [-0.4, -0.2) is 63.7 Å². The number of urea groups is 1. The molecule has 1 aromatic heterocycles. The second-order valence-electron chi connectivity index (χ2n) is 7.36. The highest BCUT2D eigenvalue weighted by Crippen LogP contribution is 2.17. The molecule has 8 heteroatoms. The number of likely N-dealkylation sites (tertiary alicyclic amines) is 1. The predicted molar refractivity (Wildman–Crippen MR) is 105 cm³/mol. The van der Waals surface area contributed by atoms with E-state index >= 15 is 0 Å². The number of nitrogens with zero attached hydrogens (tertiary/aromatic N) is 5. The van der Waals surface area contributed by atoms with Crippen molar-refractivity contribution in [1.29, 1.82) is 0 Å². The lowest BCUT2D eigenvalue weighted by Gasteiger charge is -2.33. The van der Waals surface area contributed by atoms with Crippen LogP contribution < -0.4 is 5.32 Å². The van der Waals surface area contributed by atoms with E-state index in [2.05, 4.69) is 27.6 Å². The smallest absolute Gasteiger partial charge is 0.319 e. The number of benzene rings is 1. The second kappa shape index (κ2) is 9.34. The van der Waals surface area contributed by atoms with Gasteiger partial charge >= 0.3 is 6.03 Å². The van der Waals surface area contributed by atoms with E-state index < -0.39 is 0 Å². The Morgan fingerprint density at radius 3 is 2.79 bits per heavy atom. The van der Waals surface area contributed by atoms with Crippen LogP contribution in [0.3, 0.4) is 0 Å². The molecule has 8 nitrogen and oxygen atoms in total. The minimum Gasteiger partial charge on any atom is -0.348 e. The molecular weight excluding hydrogens is 356 g/mol. The van der Waals surface area contributed by atoms with Gasteiger partial charge in [-0.3, -0.25) is 4.79 Å². The quantitative estimate of drug-likeness (QED) is 0.819. The molecule has 2 heterocycles. The highest BCUT2D eigenvalue weighted by atomic mass is 16.2. The maximum atomic E-state index is 12.6. The number of rotatable bonds is 6. The minimum atomic E-state index is -0.182. The summed E-state index contributed by atoms with van der Waals surface area (Å²) in [7, 11) is 3.46. The van der Waals surface area contributed by atoms with Crippen LogP contribution in [-0.2, 0) is 24.3 Å². The average Bonchev–Trinajstić information content (AvgIpc) is 3.18. The van der Waals surface area contributed by atoms with Crippen LogP contribution in [0.5, 0.6) is 0 Å². The van der Waals surface area contributed by atoms with Crippen LogP contribution in [0.15, 0.2) is 36.7 Å². The number of carbonyl (C=O) groups excluding carboxylic acids is 2. The highest BCUT2D eigenvalue weighted by Gasteiger charge is 2.29. The Balaban J connectivity index is 1.51. The van der Waals surface area contributed by atoms with Gasteiger partial charge < -0.3 is 19.7 Å². The molecule has 3 amide bonds. The van der Waals surface area contributed by atoms with Crippen LogP contribution >= 0.6 is 0 Å². The zero-order chi connectivity index (χ0) is 19.9. The Labute approximate surface area is 165 Å². The topological polar surface area (TPSA) is 83.4 Å². The number of amides is 3. The fraction of sp³-hybridized carbons (Fsp3) is 0.500. The van der Waals surface area contributed by atoms with Crippen molar-refractivity contribution in [2.75, 3.05) is 27.2 Å². The first-order valence-corrected chi connectivity index (χ1v) is 9.69. The van der Waals surface area contributed by atoms with Crippen LogP contribution in [0, 0.1) is 5.92 Å². The van der Waals surface area contributed by atoms with Gasteiger partial charge in [0.15, 0.2) is 5.82 Å². The summed E-state index contributed by atoms with van der Waals surface area (Å²) in [5.74, 6) is 0.522. The fourth-order valence-corrected chi connectivity index (χ4v) is 3.46. The molecule has 1 saturated heterocycles. The molecule has 1 fully saturated rings. The van der Waals surface area contributed by atoms with E-state index in [0.717, 1.165) is 31.6 Å². The summed E-state index contributed by atoms with van der Waals surface area (Å²) in [6, 6.07) is 10.2. The number of aryl methyl sites for hydroxylation is 2. The Morgan fingerprint density at radius 2 is 2.04 bits per heavy atom. The minimum absolute atomic E-state index is 0.0335. The molecule has 0 unspecified atom stereocenters. The lowest BCUT2D eigenvalue weighted by molar-refractivity contribution is -0.126. The molecule has 1 atom stereocenters. The molecule has 1 aliphatic heterocycles. The van der Waals surface area contributed by atoms with E-state index in [1.807, 2.05) is 22.8 Å². The molecule has 3 rings (SSSR count). The van der Waals surface area contributed by atoms with Gasteiger partial charge in [-0.05, 0) is 24.8 Å². The summed E-state index contributed by atoms with van der Waals surface area (Å²) < 4.78 is 1.97. The molecule has 0 bridgehead atoms. The SMILES string of the molecule is CN(C)C(=O)N1CCC[C@@H](C(=O)NCc2nncn2CCc2ccccc2)C1. The predicted octanol–water partition coefficient (Wildman–Crippen LogP) is 1.53. The van der Waals surface area contributed by atoms with Crippen LogP contribution in [0.25, 0.3) is 0 Å². The van der Waals surface area contributed by atoms with Gasteiger partial charge in [0.1, 0.15) is 6.33 Å². The number of nitrogens with one attached hydrogen (secondary N) is 1. The standard InChI is InChI=1S/C20H28N6O2/c1-24(2)20(28)25-11-6-9-17(14-25)19(27)21-13-18-23-22-15-26(18)12-10-16-7-4-3-5-8-16/h3-5,7-8,15,17H,6,9-14H2,1-2H3,(H,21,27)/t17-/m1/s1. The largest absolute Gasteiger partial charge is 0.348 e. The van der Waals surface area contributed by atoms with E-state index in [1.165, 1.54) is 5.56 Å². The molecule has 0 radical (unpaired) electrons. The summed E-state index contributed by atoms with van der Waals surface area (Å²) in [5.41, 5.74) is 1.25. The van der Waals surface area contributed by atoms with E-state index in [0.29, 0.717) is 19.6 Å². The van der Waals surface area contributed by atoms with Crippen molar-refractivity contribution >= 4 is 11.9 Å². The average molecular weight is 384 g/mol. The number of hydrogen-bond acceptors (Lipinski definition) is 4. The van der Waals surface area contributed by atoms with Crippen molar-refractivity contribution in [3.8, 4) is 0 Å². The highest BCUT2D eigenvalue weighted by molar-refractivity contribution is 5.80. The van der Waals surface area contributed by atoms with E-state index in [-0.39, 0.29) is 17.9 Å². The van der Waals surface area contributed by atoms with E-state index in [4.69, 9.17) is 0 Å². The zero-order valence-corrected chi connectivity index (χ0v) is 16.5. The van der Waals surface area contributed by atoms with Gasteiger partial charge in [-0.2, -0.15) is 0 Å². The van der Waals surface area contributed by atoms with Crippen molar-refractivity contribution in [2.24, 2.45) is 5.92 Å². The number of aromatic nitrogens is 3. The van der Waals surface area contributed by atoms with Crippen molar-refractivity contribution in [3.63, 3.8) is 0 Å².